The van der Waals surface area contributed by atoms with Gasteiger partial charge in [0, 0.05) is 37.8 Å². The summed E-state index contributed by atoms with van der Waals surface area (Å²) in [5.74, 6) is 0.788. The predicted octanol–water partition coefficient (Wildman–Crippen LogP) is 10.3. The molecule has 43 heavy (non-hydrogen) atoms. The van der Waals surface area contributed by atoms with Crippen molar-refractivity contribution in [3.63, 3.8) is 0 Å². The molecule has 0 spiro atoms. The molecule has 2 heterocycles. The molecule has 0 fully saturated rings. The Kier molecular flexibility index (Phi) is 10.7. The normalized spacial score (nSPS) is 11.9. The average Bonchev–Trinajstić information content (AvgIpc) is 3.36. The Morgan fingerprint density at radius 1 is 0.791 bits per heavy atom. The van der Waals surface area contributed by atoms with Crippen LogP contribution in [0.4, 0.5) is 0 Å². The number of pyridine rings is 1. The predicted molar refractivity (Wildman–Crippen MR) is 174 cm³/mol. The van der Waals surface area contributed by atoms with Crippen molar-refractivity contribution in [3.05, 3.63) is 114 Å². The molecule has 0 aliphatic carbocycles. The number of hydrogen-bond donors (Lipinski definition) is 1. The molecule has 225 valence electrons. The van der Waals surface area contributed by atoms with Crippen molar-refractivity contribution in [2.24, 2.45) is 0 Å². The Balaban J connectivity index is 0.000000567. The van der Waals surface area contributed by atoms with E-state index in [1.165, 1.54) is 36.6 Å². The molecule has 2 aromatic heterocycles. The molecule has 0 unspecified atom stereocenters. The standard InChI is InChI=1S/C33H32NO.C5H8O2.Ir/c1-32(2,3)26-18-25(19-27(20-26)33(4,5)6)31-21-29-30(35-31)16-15-28(34-29)24-14-10-13-23(17-24)22-11-8-7-9-12-22;1-4(6)3-5(2)7;/h7-13,15-21H,1-6H3;3,6H,1-2H3;/q-1;;/b;4-3-;. The number of nitrogens with zero attached hydrogens (tertiary/aromatic N) is 1. The van der Waals surface area contributed by atoms with Gasteiger partial charge in [0.05, 0.1) is 11.3 Å². The summed E-state index contributed by atoms with van der Waals surface area (Å²) in [6, 6.07) is 32.9. The number of rotatable bonds is 4. The van der Waals surface area contributed by atoms with E-state index in [2.05, 4.69) is 108 Å². The number of aliphatic hydroxyl groups is 1. The summed E-state index contributed by atoms with van der Waals surface area (Å²) in [4.78, 5) is 15.0. The molecular weight excluding hydrogens is 711 g/mol. The molecular formula is C38H40IrNO3-. The molecule has 1 N–H and O–H groups in total. The second-order valence-corrected chi connectivity index (χ2v) is 12.7. The minimum atomic E-state index is -0.125. The van der Waals surface area contributed by atoms with Gasteiger partial charge in [0.1, 0.15) is 5.76 Å². The summed E-state index contributed by atoms with van der Waals surface area (Å²) in [6.45, 7) is 16.4. The topological polar surface area (TPSA) is 63.3 Å². The largest absolute Gasteiger partial charge is 0.512 e. The molecule has 0 bridgehead atoms. The molecule has 3 aromatic carbocycles. The number of ketones is 1. The Labute approximate surface area is 269 Å². The Bertz CT molecular complexity index is 1700. The molecule has 0 aliphatic heterocycles. The molecule has 0 aliphatic rings. The van der Waals surface area contributed by atoms with E-state index in [1.54, 1.807) is 0 Å². The fourth-order valence-electron chi connectivity index (χ4n) is 4.57. The van der Waals surface area contributed by atoms with Gasteiger partial charge in [-0.25, -0.2) is 0 Å². The van der Waals surface area contributed by atoms with Crippen molar-refractivity contribution in [2.75, 3.05) is 0 Å². The van der Waals surface area contributed by atoms with Crippen molar-refractivity contribution in [3.8, 4) is 33.7 Å². The Morgan fingerprint density at radius 3 is 1.95 bits per heavy atom. The van der Waals surface area contributed by atoms with Gasteiger partial charge in [-0.3, -0.25) is 9.78 Å². The van der Waals surface area contributed by atoms with Crippen LogP contribution in [-0.2, 0) is 35.7 Å². The number of allylic oxidation sites excluding steroid dienone is 2. The second-order valence-electron chi connectivity index (χ2n) is 12.7. The summed E-state index contributed by atoms with van der Waals surface area (Å²) in [5.41, 5.74) is 9.66. The summed E-state index contributed by atoms with van der Waals surface area (Å²) in [6.07, 6.45) is 1.17. The van der Waals surface area contributed by atoms with Gasteiger partial charge in [0.25, 0.3) is 0 Å². The first-order chi connectivity index (χ1) is 19.7. The van der Waals surface area contributed by atoms with Gasteiger partial charge in [-0.1, -0.05) is 84.0 Å². The van der Waals surface area contributed by atoms with Crippen LogP contribution in [0.5, 0.6) is 0 Å². The summed E-state index contributed by atoms with van der Waals surface area (Å²) >= 11 is 0. The van der Waals surface area contributed by atoms with Crippen molar-refractivity contribution >= 4 is 16.9 Å². The maximum Gasteiger partial charge on any atom is 0.155 e. The van der Waals surface area contributed by atoms with Crippen LogP contribution in [0.15, 0.2) is 101 Å². The first kappa shape index (κ1) is 33.7. The second kappa shape index (κ2) is 13.7. The van der Waals surface area contributed by atoms with Crippen LogP contribution in [0.25, 0.3) is 44.8 Å². The fourth-order valence-corrected chi connectivity index (χ4v) is 4.57. The van der Waals surface area contributed by atoms with Gasteiger partial charge in [-0.15, -0.1) is 35.4 Å². The molecule has 4 nitrogen and oxygen atoms in total. The number of benzene rings is 3. The van der Waals surface area contributed by atoms with E-state index in [-0.39, 0.29) is 42.5 Å². The summed E-state index contributed by atoms with van der Waals surface area (Å²) < 4.78 is 6.30. The smallest absolute Gasteiger partial charge is 0.155 e. The fraction of sp³-hybridized carbons (Fsp3) is 0.263. The molecule has 5 rings (SSSR count). The van der Waals surface area contributed by atoms with Gasteiger partial charge in [0.2, 0.25) is 0 Å². The van der Waals surface area contributed by atoms with Crippen LogP contribution in [0, 0.1) is 6.07 Å². The number of aromatic nitrogens is 1. The van der Waals surface area contributed by atoms with E-state index in [0.717, 1.165) is 39.2 Å². The van der Waals surface area contributed by atoms with Gasteiger partial charge in [0.15, 0.2) is 11.4 Å². The SMILES string of the molecule is CC(=O)/C=C(/C)O.CC(C)(C)c1cc(-c2cc3nc(-c4[c-]ccc(-c5ccccc5)c4)ccc3o2)cc(C(C)(C)C)c1.[Ir]. The third kappa shape index (κ3) is 8.86. The van der Waals surface area contributed by atoms with Gasteiger partial charge >= 0.3 is 0 Å². The minimum absolute atomic E-state index is 0. The van der Waals surface area contributed by atoms with Crippen LogP contribution in [-0.4, -0.2) is 15.9 Å². The maximum atomic E-state index is 10.0. The van der Waals surface area contributed by atoms with E-state index >= 15 is 0 Å². The van der Waals surface area contributed by atoms with Gasteiger partial charge in [-0.05, 0) is 65.3 Å². The first-order valence-corrected chi connectivity index (χ1v) is 14.2. The van der Waals surface area contributed by atoms with E-state index in [1.807, 2.05) is 24.3 Å². The number of carbonyl (C=O) groups excluding carboxylic acids is 1. The van der Waals surface area contributed by atoms with Crippen LogP contribution < -0.4 is 0 Å². The molecule has 0 amide bonds. The molecule has 5 aromatic rings. The molecule has 1 radical (unpaired) electrons. The van der Waals surface area contributed by atoms with E-state index in [0.29, 0.717) is 0 Å². The molecule has 0 atom stereocenters. The summed E-state index contributed by atoms with van der Waals surface area (Å²) in [5, 5.41) is 8.36. The zero-order chi connectivity index (χ0) is 30.7. The maximum absolute atomic E-state index is 10.0. The molecule has 5 heteroatoms. The number of furan rings is 1. The number of fused-ring (bicyclic) bond motifs is 1. The van der Waals surface area contributed by atoms with Crippen molar-refractivity contribution in [1.29, 1.82) is 0 Å². The van der Waals surface area contributed by atoms with Crippen molar-refractivity contribution in [2.45, 2.75) is 66.2 Å². The zero-order valence-corrected chi connectivity index (χ0v) is 28.6. The summed E-state index contributed by atoms with van der Waals surface area (Å²) in [7, 11) is 0. The third-order valence-corrected chi connectivity index (χ3v) is 6.92. The van der Waals surface area contributed by atoms with Crippen LogP contribution >= 0.6 is 0 Å². The number of hydrogen-bond acceptors (Lipinski definition) is 4. The van der Waals surface area contributed by atoms with E-state index in [9.17, 15) is 4.79 Å². The number of aliphatic hydroxyl groups excluding tert-OH is 1. The average molecular weight is 751 g/mol. The Morgan fingerprint density at radius 2 is 1.42 bits per heavy atom. The van der Waals surface area contributed by atoms with Crippen molar-refractivity contribution < 1.29 is 34.4 Å². The quantitative estimate of drug-likeness (QED) is 0.113. The Hall–Kier alpha value is -3.79. The van der Waals surface area contributed by atoms with E-state index < -0.39 is 0 Å². The van der Waals surface area contributed by atoms with Crippen LogP contribution in [0.2, 0.25) is 0 Å². The monoisotopic (exact) mass is 751 g/mol. The molecule has 0 saturated carbocycles. The zero-order valence-electron chi connectivity index (χ0n) is 26.2. The number of carbonyl (C=O) groups is 1. The molecule has 0 saturated heterocycles. The van der Waals surface area contributed by atoms with Crippen LogP contribution in [0.3, 0.4) is 0 Å². The van der Waals surface area contributed by atoms with E-state index in [4.69, 9.17) is 14.5 Å². The first-order valence-electron chi connectivity index (χ1n) is 14.2. The van der Waals surface area contributed by atoms with Gasteiger partial charge in [-0.2, -0.15) is 0 Å². The van der Waals surface area contributed by atoms with Crippen LogP contribution in [0.1, 0.15) is 66.5 Å². The van der Waals surface area contributed by atoms with Gasteiger partial charge < -0.3 is 9.52 Å². The van der Waals surface area contributed by atoms with Crippen molar-refractivity contribution in [1.82, 2.24) is 4.98 Å². The third-order valence-electron chi connectivity index (χ3n) is 6.92. The minimum Gasteiger partial charge on any atom is -0.512 e.